The molecule has 1 aliphatic heterocycles. The molecule has 1 heterocycles. The standard InChI is InChI=1S/C24H28N2O4/c1-18(2)26(21-11-7-4-8-12-21)23(28)17-30-24(29)20-15-22(27)25(16-20)14-13-19-9-5-3-6-10-19/h3-12,18,20H,13-17H2,1-2H3/t20-/m1/s1. The van der Waals surface area contributed by atoms with Crippen molar-refractivity contribution in [2.45, 2.75) is 32.7 Å². The summed E-state index contributed by atoms with van der Waals surface area (Å²) in [6.07, 6.45) is 0.877. The number of anilines is 1. The zero-order valence-electron chi connectivity index (χ0n) is 17.5. The number of para-hydroxylation sites is 1. The third-order valence-electron chi connectivity index (χ3n) is 5.22. The number of carbonyl (C=O) groups is 3. The summed E-state index contributed by atoms with van der Waals surface area (Å²) < 4.78 is 5.29. The quantitative estimate of drug-likeness (QED) is 0.630. The van der Waals surface area contributed by atoms with E-state index in [-0.39, 0.29) is 30.9 Å². The van der Waals surface area contributed by atoms with Crippen molar-refractivity contribution in [1.82, 2.24) is 4.90 Å². The Kier molecular flexibility index (Phi) is 7.22. The molecule has 1 fully saturated rings. The van der Waals surface area contributed by atoms with E-state index in [0.29, 0.717) is 13.1 Å². The SMILES string of the molecule is CC(C)N(C(=O)COC(=O)[C@@H]1CC(=O)N(CCc2ccccc2)C1)c1ccccc1. The Bertz CT molecular complexity index is 867. The van der Waals surface area contributed by atoms with Crippen molar-refractivity contribution < 1.29 is 19.1 Å². The molecule has 2 aromatic carbocycles. The van der Waals surface area contributed by atoms with Crippen LogP contribution in [-0.2, 0) is 25.5 Å². The summed E-state index contributed by atoms with van der Waals surface area (Å²) >= 11 is 0. The van der Waals surface area contributed by atoms with Gasteiger partial charge in [0.2, 0.25) is 5.91 Å². The van der Waals surface area contributed by atoms with Gasteiger partial charge < -0.3 is 14.5 Å². The molecule has 0 bridgehead atoms. The van der Waals surface area contributed by atoms with E-state index >= 15 is 0 Å². The minimum Gasteiger partial charge on any atom is -0.455 e. The van der Waals surface area contributed by atoms with Crippen LogP contribution in [0.25, 0.3) is 0 Å². The number of likely N-dealkylation sites (tertiary alicyclic amines) is 1. The maximum Gasteiger partial charge on any atom is 0.311 e. The fourth-order valence-corrected chi connectivity index (χ4v) is 3.69. The maximum absolute atomic E-state index is 12.7. The van der Waals surface area contributed by atoms with E-state index in [1.165, 1.54) is 0 Å². The van der Waals surface area contributed by atoms with Crippen molar-refractivity contribution in [3.63, 3.8) is 0 Å². The van der Waals surface area contributed by atoms with Crippen LogP contribution in [0.2, 0.25) is 0 Å². The molecule has 1 aliphatic rings. The Balaban J connectivity index is 1.51. The lowest BCUT2D eigenvalue weighted by molar-refractivity contribution is -0.151. The van der Waals surface area contributed by atoms with Gasteiger partial charge in [0.15, 0.2) is 6.61 Å². The molecule has 0 saturated carbocycles. The first-order chi connectivity index (χ1) is 14.5. The first-order valence-corrected chi connectivity index (χ1v) is 10.3. The molecule has 0 N–H and O–H groups in total. The topological polar surface area (TPSA) is 66.9 Å². The minimum atomic E-state index is -0.523. The van der Waals surface area contributed by atoms with Gasteiger partial charge in [0.05, 0.1) is 5.92 Å². The van der Waals surface area contributed by atoms with Gasteiger partial charge in [-0.15, -0.1) is 0 Å². The lowest BCUT2D eigenvalue weighted by Gasteiger charge is -2.26. The number of hydrogen-bond donors (Lipinski definition) is 0. The fraction of sp³-hybridized carbons (Fsp3) is 0.375. The monoisotopic (exact) mass is 408 g/mol. The molecule has 6 nitrogen and oxygen atoms in total. The Labute approximate surface area is 177 Å². The number of nitrogens with zero attached hydrogens (tertiary/aromatic N) is 2. The molecule has 6 heteroatoms. The molecule has 1 saturated heterocycles. The van der Waals surface area contributed by atoms with E-state index in [0.717, 1.165) is 17.7 Å². The van der Waals surface area contributed by atoms with Crippen LogP contribution < -0.4 is 4.90 Å². The van der Waals surface area contributed by atoms with Crippen LogP contribution in [-0.4, -0.2) is 48.4 Å². The van der Waals surface area contributed by atoms with Gasteiger partial charge in [-0.1, -0.05) is 48.5 Å². The number of rotatable bonds is 8. The van der Waals surface area contributed by atoms with Crippen molar-refractivity contribution in [2.75, 3.05) is 24.6 Å². The number of esters is 1. The van der Waals surface area contributed by atoms with Crippen LogP contribution in [0, 0.1) is 5.92 Å². The van der Waals surface area contributed by atoms with Gasteiger partial charge >= 0.3 is 5.97 Å². The molecule has 1 atom stereocenters. The predicted molar refractivity (Wildman–Crippen MR) is 115 cm³/mol. The molecule has 2 amide bonds. The van der Waals surface area contributed by atoms with Crippen LogP contribution in [0.4, 0.5) is 5.69 Å². The lowest BCUT2D eigenvalue weighted by Crippen LogP contribution is -2.40. The van der Waals surface area contributed by atoms with E-state index in [1.54, 1.807) is 9.80 Å². The molecule has 0 unspecified atom stereocenters. The molecule has 158 valence electrons. The Morgan fingerprint density at radius 3 is 2.33 bits per heavy atom. The van der Waals surface area contributed by atoms with Crippen LogP contribution in [0.5, 0.6) is 0 Å². The first kappa shape index (κ1) is 21.6. The third-order valence-corrected chi connectivity index (χ3v) is 5.22. The average Bonchev–Trinajstić information content (AvgIpc) is 3.12. The molecule has 0 spiro atoms. The zero-order valence-corrected chi connectivity index (χ0v) is 17.5. The molecule has 30 heavy (non-hydrogen) atoms. The van der Waals surface area contributed by atoms with Crippen molar-refractivity contribution in [3.8, 4) is 0 Å². The number of ether oxygens (including phenoxy) is 1. The van der Waals surface area contributed by atoms with Crippen LogP contribution in [0.1, 0.15) is 25.8 Å². The van der Waals surface area contributed by atoms with E-state index in [4.69, 9.17) is 4.74 Å². The van der Waals surface area contributed by atoms with Gasteiger partial charge in [0.25, 0.3) is 5.91 Å². The summed E-state index contributed by atoms with van der Waals surface area (Å²) in [5.74, 6) is -1.34. The van der Waals surface area contributed by atoms with Crippen molar-refractivity contribution in [1.29, 1.82) is 0 Å². The molecular formula is C24H28N2O4. The zero-order chi connectivity index (χ0) is 21.5. The average molecular weight is 408 g/mol. The van der Waals surface area contributed by atoms with Crippen molar-refractivity contribution in [3.05, 3.63) is 66.2 Å². The van der Waals surface area contributed by atoms with Gasteiger partial charge in [-0.3, -0.25) is 14.4 Å². The smallest absolute Gasteiger partial charge is 0.311 e. The number of benzene rings is 2. The largest absolute Gasteiger partial charge is 0.455 e. The molecular weight excluding hydrogens is 380 g/mol. The van der Waals surface area contributed by atoms with Gasteiger partial charge in [-0.2, -0.15) is 0 Å². The highest BCUT2D eigenvalue weighted by atomic mass is 16.5. The van der Waals surface area contributed by atoms with Crippen molar-refractivity contribution in [2.24, 2.45) is 5.92 Å². The molecule has 2 aromatic rings. The Hall–Kier alpha value is -3.15. The predicted octanol–water partition coefficient (Wildman–Crippen LogP) is 3.06. The highest BCUT2D eigenvalue weighted by molar-refractivity contribution is 5.96. The lowest BCUT2D eigenvalue weighted by atomic mass is 10.1. The van der Waals surface area contributed by atoms with E-state index in [9.17, 15) is 14.4 Å². The third kappa shape index (κ3) is 5.47. The number of amides is 2. The summed E-state index contributed by atoms with van der Waals surface area (Å²) in [6.45, 7) is 4.40. The van der Waals surface area contributed by atoms with Gasteiger partial charge in [0.1, 0.15) is 0 Å². The second-order valence-electron chi connectivity index (χ2n) is 7.78. The van der Waals surface area contributed by atoms with E-state index in [1.807, 2.05) is 74.5 Å². The summed E-state index contributed by atoms with van der Waals surface area (Å²) in [5, 5.41) is 0. The summed E-state index contributed by atoms with van der Waals surface area (Å²) in [7, 11) is 0. The number of hydrogen-bond acceptors (Lipinski definition) is 4. The highest BCUT2D eigenvalue weighted by Gasteiger charge is 2.35. The van der Waals surface area contributed by atoms with Crippen LogP contribution in [0.15, 0.2) is 60.7 Å². The van der Waals surface area contributed by atoms with Gasteiger partial charge in [-0.05, 0) is 38.0 Å². The second kappa shape index (κ2) is 10.1. The first-order valence-electron chi connectivity index (χ1n) is 10.3. The molecule has 0 aromatic heterocycles. The van der Waals surface area contributed by atoms with Gasteiger partial charge in [-0.25, -0.2) is 0 Å². The molecule has 0 radical (unpaired) electrons. The number of carbonyl (C=O) groups excluding carboxylic acids is 3. The van der Waals surface area contributed by atoms with Crippen LogP contribution in [0.3, 0.4) is 0 Å². The van der Waals surface area contributed by atoms with Crippen molar-refractivity contribution >= 4 is 23.5 Å². The second-order valence-corrected chi connectivity index (χ2v) is 7.78. The normalized spacial score (nSPS) is 16.0. The summed E-state index contributed by atoms with van der Waals surface area (Å²) in [4.78, 5) is 40.7. The summed E-state index contributed by atoms with van der Waals surface area (Å²) in [6, 6.07) is 19.2. The van der Waals surface area contributed by atoms with Gasteiger partial charge in [0, 0.05) is 31.2 Å². The molecule has 0 aliphatic carbocycles. The Morgan fingerprint density at radius 2 is 1.70 bits per heavy atom. The fourth-order valence-electron chi connectivity index (χ4n) is 3.69. The maximum atomic E-state index is 12.7. The molecule has 3 rings (SSSR count). The Morgan fingerprint density at radius 1 is 1.07 bits per heavy atom. The van der Waals surface area contributed by atoms with E-state index in [2.05, 4.69) is 0 Å². The summed E-state index contributed by atoms with van der Waals surface area (Å²) in [5.41, 5.74) is 1.91. The highest BCUT2D eigenvalue weighted by Crippen LogP contribution is 2.21. The van der Waals surface area contributed by atoms with E-state index < -0.39 is 11.9 Å². The minimum absolute atomic E-state index is 0.0488. The van der Waals surface area contributed by atoms with Crippen LogP contribution >= 0.6 is 0 Å².